The normalized spacial score (nSPS) is 19.1. The number of nitrogens with two attached hydrogens (primary N) is 1. The lowest BCUT2D eigenvalue weighted by molar-refractivity contribution is 0.0376. The third kappa shape index (κ3) is 8.53. The van der Waals surface area contributed by atoms with Gasteiger partial charge in [-0.3, -0.25) is 4.90 Å². The molecule has 2 fully saturated rings. The van der Waals surface area contributed by atoms with Crippen molar-refractivity contribution >= 4 is 29.9 Å². The Kier molecular flexibility index (Phi) is 11.0. The monoisotopic (exact) mass is 502 g/mol. The quantitative estimate of drug-likeness (QED) is 0.248. The summed E-state index contributed by atoms with van der Waals surface area (Å²) in [5, 5.41) is 3.20. The van der Waals surface area contributed by atoms with Crippen LogP contribution in [0.5, 0.6) is 5.75 Å². The molecule has 1 heterocycles. The van der Waals surface area contributed by atoms with Crippen LogP contribution in [0.4, 0.5) is 0 Å². The van der Waals surface area contributed by atoms with Crippen LogP contribution in [0.25, 0.3) is 0 Å². The molecule has 0 atom stereocenters. The first-order valence-corrected chi connectivity index (χ1v) is 10.4. The number of benzene rings is 1. The van der Waals surface area contributed by atoms with Gasteiger partial charge >= 0.3 is 0 Å². The number of guanidine groups is 1. The van der Waals surface area contributed by atoms with Crippen molar-refractivity contribution in [1.29, 1.82) is 0 Å². The number of halogens is 1. The first kappa shape index (κ1) is 23.2. The zero-order valence-corrected chi connectivity index (χ0v) is 19.1. The van der Waals surface area contributed by atoms with E-state index in [1.807, 2.05) is 12.1 Å². The van der Waals surface area contributed by atoms with Crippen molar-refractivity contribution in [2.45, 2.75) is 51.2 Å². The molecule has 3 N–H and O–H groups in total. The van der Waals surface area contributed by atoms with Crippen LogP contribution in [0.15, 0.2) is 29.3 Å². The summed E-state index contributed by atoms with van der Waals surface area (Å²) in [6, 6.07) is 8.25. The average molecular weight is 502 g/mol. The second-order valence-electron chi connectivity index (χ2n) is 7.46. The molecule has 1 aromatic carbocycles. The second kappa shape index (κ2) is 13.2. The van der Waals surface area contributed by atoms with E-state index in [1.165, 1.54) is 32.1 Å². The Hall–Kier alpha value is -1.06. The Morgan fingerprint density at radius 3 is 2.57 bits per heavy atom. The molecule has 0 aromatic heterocycles. The zero-order valence-electron chi connectivity index (χ0n) is 16.8. The maximum atomic E-state index is 6.07. The molecule has 7 heteroatoms. The van der Waals surface area contributed by atoms with E-state index in [4.69, 9.17) is 15.2 Å². The number of hydrogen-bond acceptors (Lipinski definition) is 4. The highest BCUT2D eigenvalue weighted by molar-refractivity contribution is 14.0. The number of aliphatic imine (C=N–C) groups is 1. The first-order chi connectivity index (χ1) is 13.3. The fourth-order valence-electron chi connectivity index (χ4n) is 3.63. The Labute approximate surface area is 186 Å². The number of morpholine rings is 1. The van der Waals surface area contributed by atoms with E-state index >= 15 is 0 Å². The smallest absolute Gasteiger partial charge is 0.188 e. The molecule has 1 aromatic rings. The topological polar surface area (TPSA) is 72.1 Å². The van der Waals surface area contributed by atoms with Crippen molar-refractivity contribution in [3.05, 3.63) is 29.8 Å². The van der Waals surface area contributed by atoms with Gasteiger partial charge in [-0.15, -0.1) is 24.0 Å². The Morgan fingerprint density at radius 1 is 1.14 bits per heavy atom. The van der Waals surface area contributed by atoms with E-state index in [0.717, 1.165) is 57.1 Å². The lowest BCUT2D eigenvalue weighted by atomic mass is 9.98. The molecule has 3 rings (SSSR count). The number of nitrogens with zero attached hydrogens (tertiary/aromatic N) is 2. The van der Waals surface area contributed by atoms with Crippen LogP contribution in [-0.4, -0.2) is 56.4 Å². The zero-order chi connectivity index (χ0) is 18.7. The molecule has 2 aliphatic rings. The molecule has 6 nitrogen and oxygen atoms in total. The molecular weight excluding hydrogens is 467 g/mol. The van der Waals surface area contributed by atoms with Crippen molar-refractivity contribution in [2.24, 2.45) is 10.7 Å². The highest BCUT2D eigenvalue weighted by Crippen LogP contribution is 2.23. The Balaban J connectivity index is 0.00000280. The minimum atomic E-state index is 0. The summed E-state index contributed by atoms with van der Waals surface area (Å²) in [7, 11) is 0. The lowest BCUT2D eigenvalue weighted by Crippen LogP contribution is -2.39. The van der Waals surface area contributed by atoms with Gasteiger partial charge in [0.2, 0.25) is 0 Å². The first-order valence-electron chi connectivity index (χ1n) is 10.4. The van der Waals surface area contributed by atoms with Crippen molar-refractivity contribution in [1.82, 2.24) is 10.2 Å². The van der Waals surface area contributed by atoms with Crippen LogP contribution in [-0.2, 0) is 11.3 Å². The molecule has 158 valence electrons. The minimum absolute atomic E-state index is 0. The van der Waals surface area contributed by atoms with Gasteiger partial charge in [0.15, 0.2) is 5.96 Å². The van der Waals surface area contributed by atoms with Crippen molar-refractivity contribution < 1.29 is 9.47 Å². The molecule has 0 spiro atoms. The fraction of sp³-hybridized carbons (Fsp3) is 0.667. The predicted octanol–water partition coefficient (Wildman–Crippen LogP) is 3.14. The van der Waals surface area contributed by atoms with Gasteiger partial charge < -0.3 is 20.5 Å². The van der Waals surface area contributed by atoms with E-state index in [0.29, 0.717) is 18.6 Å². The van der Waals surface area contributed by atoms with Crippen molar-refractivity contribution in [3.8, 4) is 5.75 Å². The van der Waals surface area contributed by atoms with Gasteiger partial charge in [-0.1, -0.05) is 18.6 Å². The average Bonchev–Trinajstić information content (AvgIpc) is 2.72. The lowest BCUT2D eigenvalue weighted by Gasteiger charge is -2.26. The molecule has 1 aliphatic heterocycles. The highest BCUT2D eigenvalue weighted by atomic mass is 127. The highest BCUT2D eigenvalue weighted by Gasteiger charge is 2.14. The van der Waals surface area contributed by atoms with Gasteiger partial charge in [0.25, 0.3) is 0 Å². The van der Waals surface area contributed by atoms with E-state index in [9.17, 15) is 0 Å². The third-order valence-electron chi connectivity index (χ3n) is 5.27. The van der Waals surface area contributed by atoms with E-state index in [2.05, 4.69) is 27.3 Å². The summed E-state index contributed by atoms with van der Waals surface area (Å²) < 4.78 is 11.4. The Bertz CT molecular complexity index is 570. The van der Waals surface area contributed by atoms with Crippen LogP contribution in [0, 0.1) is 0 Å². The number of ether oxygens (including phenoxy) is 2. The summed E-state index contributed by atoms with van der Waals surface area (Å²) in [6.07, 6.45) is 7.73. The summed E-state index contributed by atoms with van der Waals surface area (Å²) in [5.74, 6) is 1.48. The Morgan fingerprint density at radius 2 is 1.86 bits per heavy atom. The number of rotatable bonds is 8. The summed E-state index contributed by atoms with van der Waals surface area (Å²) >= 11 is 0. The number of hydrogen-bond donors (Lipinski definition) is 2. The van der Waals surface area contributed by atoms with E-state index < -0.39 is 0 Å². The molecule has 0 radical (unpaired) electrons. The molecule has 28 heavy (non-hydrogen) atoms. The van der Waals surface area contributed by atoms with Gasteiger partial charge in [0.1, 0.15) is 5.75 Å². The second-order valence-corrected chi connectivity index (χ2v) is 7.46. The predicted molar refractivity (Wildman–Crippen MR) is 125 cm³/mol. The van der Waals surface area contributed by atoms with Crippen LogP contribution in [0.3, 0.4) is 0 Å². The SMILES string of the molecule is I.NC(=NCc1ccc(OC2CCCCC2)cc1)NCCCN1CCOCC1. The largest absolute Gasteiger partial charge is 0.490 e. The summed E-state index contributed by atoms with van der Waals surface area (Å²) in [5.41, 5.74) is 7.12. The van der Waals surface area contributed by atoms with Gasteiger partial charge in [0.05, 0.1) is 25.9 Å². The van der Waals surface area contributed by atoms with Crippen LogP contribution < -0.4 is 15.8 Å². The molecule has 1 aliphatic carbocycles. The molecule has 0 bridgehead atoms. The molecule has 1 saturated carbocycles. The molecule has 0 unspecified atom stereocenters. The van der Waals surface area contributed by atoms with E-state index in [1.54, 1.807) is 0 Å². The van der Waals surface area contributed by atoms with E-state index in [-0.39, 0.29) is 24.0 Å². The maximum Gasteiger partial charge on any atom is 0.188 e. The fourth-order valence-corrected chi connectivity index (χ4v) is 3.63. The third-order valence-corrected chi connectivity index (χ3v) is 5.27. The standard InChI is InChI=1S/C21H34N4O2.HI/c22-21(23-11-4-12-25-13-15-26-16-14-25)24-17-18-7-9-20(10-8-18)27-19-5-2-1-3-6-19;/h7-10,19H,1-6,11-17H2,(H3,22,23,24);1H. The molecular formula is C21H35IN4O2. The van der Waals surface area contributed by atoms with Crippen LogP contribution in [0.2, 0.25) is 0 Å². The van der Waals surface area contributed by atoms with Crippen LogP contribution in [0.1, 0.15) is 44.1 Å². The van der Waals surface area contributed by atoms with Crippen molar-refractivity contribution in [3.63, 3.8) is 0 Å². The molecule has 1 saturated heterocycles. The number of nitrogens with one attached hydrogen (secondary N) is 1. The van der Waals surface area contributed by atoms with Crippen LogP contribution >= 0.6 is 24.0 Å². The van der Waals surface area contributed by atoms with Gasteiger partial charge in [0, 0.05) is 19.6 Å². The van der Waals surface area contributed by atoms with Crippen molar-refractivity contribution in [2.75, 3.05) is 39.4 Å². The van der Waals surface area contributed by atoms with Gasteiger partial charge in [-0.25, -0.2) is 4.99 Å². The maximum absolute atomic E-state index is 6.07. The summed E-state index contributed by atoms with van der Waals surface area (Å²) in [4.78, 5) is 6.86. The molecule has 0 amide bonds. The van der Waals surface area contributed by atoms with Gasteiger partial charge in [-0.2, -0.15) is 0 Å². The summed E-state index contributed by atoms with van der Waals surface area (Å²) in [6.45, 7) is 6.27. The minimum Gasteiger partial charge on any atom is -0.490 e. The van der Waals surface area contributed by atoms with Gasteiger partial charge in [-0.05, 0) is 56.3 Å².